The third-order valence-corrected chi connectivity index (χ3v) is 6.05. The summed E-state index contributed by atoms with van der Waals surface area (Å²) >= 11 is 0. The summed E-state index contributed by atoms with van der Waals surface area (Å²) in [5.41, 5.74) is 0. The molecule has 1 aliphatic heterocycles. The molecule has 0 aliphatic carbocycles. The van der Waals surface area contributed by atoms with E-state index in [4.69, 9.17) is 4.74 Å². The molecule has 0 spiro atoms. The van der Waals surface area contributed by atoms with E-state index >= 15 is 0 Å². The molecule has 122 valence electrons. The van der Waals surface area contributed by atoms with Gasteiger partial charge in [-0.15, -0.1) is 0 Å². The van der Waals surface area contributed by atoms with Gasteiger partial charge in [0.2, 0.25) is 10.0 Å². The maximum Gasteiger partial charge on any atom is 0.243 e. The van der Waals surface area contributed by atoms with Gasteiger partial charge in [0, 0.05) is 13.1 Å². The molecule has 0 saturated carbocycles. The summed E-state index contributed by atoms with van der Waals surface area (Å²) < 4.78 is 32.4. The largest absolute Gasteiger partial charge is 0.494 e. The Kier molecular flexibility index (Phi) is 4.98. The summed E-state index contributed by atoms with van der Waals surface area (Å²) in [7, 11) is -3.36. The van der Waals surface area contributed by atoms with Gasteiger partial charge in [-0.25, -0.2) is 8.42 Å². The van der Waals surface area contributed by atoms with Crippen LogP contribution in [-0.4, -0.2) is 32.4 Å². The molecule has 0 amide bonds. The van der Waals surface area contributed by atoms with Crippen LogP contribution < -0.4 is 4.74 Å². The maximum absolute atomic E-state index is 12.6. The van der Waals surface area contributed by atoms with Crippen LogP contribution in [0.4, 0.5) is 0 Å². The first-order valence-corrected chi connectivity index (χ1v) is 9.33. The molecule has 1 atom stereocenters. The number of hydrogen-bond donors (Lipinski definition) is 0. The molecule has 0 N–H and O–H groups in total. The van der Waals surface area contributed by atoms with Crippen LogP contribution >= 0.6 is 0 Å². The summed E-state index contributed by atoms with van der Waals surface area (Å²) in [4.78, 5) is 0.376. The minimum Gasteiger partial charge on any atom is -0.494 e. The Balaban J connectivity index is 1.52. The van der Waals surface area contributed by atoms with Gasteiger partial charge >= 0.3 is 0 Å². The monoisotopic (exact) mass is 331 g/mol. The predicted molar refractivity (Wildman–Crippen MR) is 89.9 cm³/mol. The van der Waals surface area contributed by atoms with Crippen LogP contribution in [0, 0.1) is 5.92 Å². The number of ether oxygens (including phenoxy) is 1. The number of hydrogen-bond acceptors (Lipinski definition) is 3. The Bertz CT molecular complexity index is 716. The van der Waals surface area contributed by atoms with Crippen molar-refractivity contribution in [3.05, 3.63) is 60.7 Å². The van der Waals surface area contributed by atoms with Crippen LogP contribution in [0.25, 0.3) is 0 Å². The molecule has 23 heavy (non-hydrogen) atoms. The van der Waals surface area contributed by atoms with Gasteiger partial charge in [-0.2, -0.15) is 4.31 Å². The zero-order chi connectivity index (χ0) is 16.1. The standard InChI is InChI=1S/C18H21NO3S/c20-23(21,18-9-5-2-6-10-18)19-13-11-16(15-19)12-14-22-17-7-3-1-4-8-17/h1-10,16H,11-15H2. The Hall–Kier alpha value is -1.85. The quantitative estimate of drug-likeness (QED) is 0.817. The Morgan fingerprint density at radius 1 is 1.00 bits per heavy atom. The van der Waals surface area contributed by atoms with E-state index in [9.17, 15) is 8.42 Å². The zero-order valence-electron chi connectivity index (χ0n) is 13.0. The first kappa shape index (κ1) is 16.0. The first-order valence-electron chi connectivity index (χ1n) is 7.89. The van der Waals surface area contributed by atoms with Gasteiger partial charge in [0.25, 0.3) is 0 Å². The number of sulfonamides is 1. The summed E-state index contributed by atoms with van der Waals surface area (Å²) in [6.45, 7) is 1.79. The van der Waals surface area contributed by atoms with E-state index in [2.05, 4.69) is 0 Å². The molecule has 0 aromatic heterocycles. The number of para-hydroxylation sites is 1. The van der Waals surface area contributed by atoms with Crippen molar-refractivity contribution in [3.8, 4) is 5.75 Å². The number of rotatable bonds is 6. The highest BCUT2D eigenvalue weighted by Gasteiger charge is 2.32. The SMILES string of the molecule is O=S(=O)(c1ccccc1)N1CCC(CCOc2ccccc2)C1. The second-order valence-corrected chi connectivity index (χ2v) is 7.72. The molecule has 1 heterocycles. The molecule has 1 aliphatic rings. The molecule has 1 saturated heterocycles. The Labute approximate surface area is 137 Å². The average molecular weight is 331 g/mol. The van der Waals surface area contributed by atoms with Crippen LogP contribution in [0.5, 0.6) is 5.75 Å². The van der Waals surface area contributed by atoms with Crippen molar-refractivity contribution >= 4 is 10.0 Å². The third-order valence-electron chi connectivity index (χ3n) is 4.17. The Morgan fingerprint density at radius 3 is 2.35 bits per heavy atom. The molecule has 1 unspecified atom stereocenters. The fourth-order valence-corrected chi connectivity index (χ4v) is 4.40. The van der Waals surface area contributed by atoms with Crippen LogP contribution in [0.3, 0.4) is 0 Å². The van der Waals surface area contributed by atoms with Gasteiger partial charge < -0.3 is 4.74 Å². The van der Waals surface area contributed by atoms with Gasteiger partial charge in [-0.1, -0.05) is 36.4 Å². The highest BCUT2D eigenvalue weighted by Crippen LogP contribution is 2.26. The van der Waals surface area contributed by atoms with Crippen molar-refractivity contribution in [3.63, 3.8) is 0 Å². The van der Waals surface area contributed by atoms with Gasteiger partial charge in [0.05, 0.1) is 11.5 Å². The van der Waals surface area contributed by atoms with Gasteiger partial charge in [0.15, 0.2) is 0 Å². The van der Waals surface area contributed by atoms with Crippen molar-refractivity contribution in [2.24, 2.45) is 5.92 Å². The van der Waals surface area contributed by atoms with Crippen molar-refractivity contribution in [1.29, 1.82) is 0 Å². The van der Waals surface area contributed by atoms with E-state index in [0.717, 1.165) is 18.6 Å². The van der Waals surface area contributed by atoms with E-state index < -0.39 is 10.0 Å². The van der Waals surface area contributed by atoms with Crippen molar-refractivity contribution in [2.75, 3.05) is 19.7 Å². The maximum atomic E-state index is 12.6. The highest BCUT2D eigenvalue weighted by molar-refractivity contribution is 7.89. The normalized spacial score (nSPS) is 18.9. The van der Waals surface area contributed by atoms with Crippen molar-refractivity contribution in [2.45, 2.75) is 17.7 Å². The molecule has 3 rings (SSSR count). The first-order chi connectivity index (χ1) is 11.2. The molecule has 0 bridgehead atoms. The molecule has 2 aromatic rings. The molecule has 2 aromatic carbocycles. The van der Waals surface area contributed by atoms with Crippen LogP contribution in [-0.2, 0) is 10.0 Å². The topological polar surface area (TPSA) is 46.6 Å². The highest BCUT2D eigenvalue weighted by atomic mass is 32.2. The molecule has 5 heteroatoms. The second kappa shape index (κ2) is 7.15. The lowest BCUT2D eigenvalue weighted by atomic mass is 10.1. The number of benzene rings is 2. The van der Waals surface area contributed by atoms with Gasteiger partial charge in [-0.3, -0.25) is 0 Å². The summed E-state index contributed by atoms with van der Waals surface area (Å²) in [5.74, 6) is 1.22. The van der Waals surface area contributed by atoms with Crippen LogP contribution in [0.2, 0.25) is 0 Å². The van der Waals surface area contributed by atoms with E-state index in [-0.39, 0.29) is 0 Å². The van der Waals surface area contributed by atoms with E-state index in [0.29, 0.717) is 30.5 Å². The second-order valence-electron chi connectivity index (χ2n) is 5.78. The number of nitrogens with zero attached hydrogens (tertiary/aromatic N) is 1. The fraction of sp³-hybridized carbons (Fsp3) is 0.333. The zero-order valence-corrected chi connectivity index (χ0v) is 13.8. The smallest absolute Gasteiger partial charge is 0.243 e. The summed E-state index contributed by atoms with van der Waals surface area (Å²) in [5, 5.41) is 0. The molecule has 0 radical (unpaired) electrons. The predicted octanol–water partition coefficient (Wildman–Crippen LogP) is 3.17. The van der Waals surface area contributed by atoms with Gasteiger partial charge in [0.1, 0.15) is 5.75 Å². The summed E-state index contributed by atoms with van der Waals surface area (Å²) in [6.07, 6.45) is 1.76. The van der Waals surface area contributed by atoms with E-state index in [1.807, 2.05) is 36.4 Å². The van der Waals surface area contributed by atoms with Crippen molar-refractivity contribution in [1.82, 2.24) is 4.31 Å². The average Bonchev–Trinajstić information content (AvgIpc) is 3.06. The molecule has 4 nitrogen and oxygen atoms in total. The lowest BCUT2D eigenvalue weighted by Crippen LogP contribution is -2.29. The van der Waals surface area contributed by atoms with Gasteiger partial charge in [-0.05, 0) is 43.0 Å². The van der Waals surface area contributed by atoms with E-state index in [1.54, 1.807) is 28.6 Å². The van der Waals surface area contributed by atoms with E-state index in [1.165, 1.54) is 0 Å². The minimum absolute atomic E-state index is 0.359. The molecular formula is C18H21NO3S. The van der Waals surface area contributed by atoms with Crippen molar-refractivity contribution < 1.29 is 13.2 Å². The third kappa shape index (κ3) is 3.92. The van der Waals surface area contributed by atoms with Crippen LogP contribution in [0.1, 0.15) is 12.8 Å². The Morgan fingerprint density at radius 2 is 1.65 bits per heavy atom. The lowest BCUT2D eigenvalue weighted by molar-refractivity contribution is 0.280. The lowest BCUT2D eigenvalue weighted by Gasteiger charge is -2.16. The minimum atomic E-state index is -3.36. The summed E-state index contributed by atoms with van der Waals surface area (Å²) in [6, 6.07) is 18.4. The van der Waals surface area contributed by atoms with Crippen LogP contribution in [0.15, 0.2) is 65.6 Å². The molecule has 1 fully saturated rings. The fourth-order valence-electron chi connectivity index (χ4n) is 2.85. The molecular weight excluding hydrogens is 310 g/mol.